The van der Waals surface area contributed by atoms with Crippen LogP contribution < -0.4 is 10.5 Å². The SMILES string of the molecule is Cc1ccc(-c2cccc3cnc(Nc4ccc5c(c4)CCC(N4CCCC4)CC5)nc23)cc1C.N[SH](=O)=O. The molecule has 39 heavy (non-hydrogen) atoms. The van der Waals surface area contributed by atoms with Crippen LogP contribution in [0, 0.1) is 13.8 Å². The number of nitrogens with two attached hydrogens (primary N) is 1. The monoisotopic (exact) mass is 543 g/mol. The number of hydrogen-bond donors (Lipinski definition) is 3. The van der Waals surface area contributed by atoms with Crippen molar-refractivity contribution in [3.05, 3.63) is 83.0 Å². The number of aryl methyl sites for hydroxylation is 4. The first kappa shape index (κ1) is 27.2. The Bertz CT molecular complexity index is 1540. The third-order valence-corrected chi connectivity index (χ3v) is 8.04. The number of fused-ring (bicyclic) bond motifs is 2. The van der Waals surface area contributed by atoms with Gasteiger partial charge in [-0.3, -0.25) is 0 Å². The van der Waals surface area contributed by atoms with Gasteiger partial charge in [-0.1, -0.05) is 42.5 Å². The molecular formula is C31H37N5O2S. The number of para-hydroxylation sites is 1. The second-order valence-corrected chi connectivity index (χ2v) is 11.2. The molecular weight excluding hydrogens is 506 g/mol. The van der Waals surface area contributed by atoms with Crippen LogP contribution in [-0.2, 0) is 23.7 Å². The molecule has 2 heterocycles. The predicted octanol–water partition coefficient (Wildman–Crippen LogP) is 5.47. The van der Waals surface area contributed by atoms with Crippen molar-refractivity contribution >= 4 is 33.4 Å². The zero-order chi connectivity index (χ0) is 27.4. The highest BCUT2D eigenvalue weighted by atomic mass is 32.2. The van der Waals surface area contributed by atoms with Gasteiger partial charge in [-0.2, -0.15) is 0 Å². The molecule has 1 unspecified atom stereocenters. The molecule has 0 amide bonds. The summed E-state index contributed by atoms with van der Waals surface area (Å²) in [5.74, 6) is 0.650. The molecule has 0 spiro atoms. The van der Waals surface area contributed by atoms with Crippen molar-refractivity contribution < 1.29 is 8.42 Å². The Hall–Kier alpha value is -3.33. The van der Waals surface area contributed by atoms with E-state index >= 15 is 0 Å². The minimum atomic E-state index is -2.62. The van der Waals surface area contributed by atoms with E-state index in [1.807, 2.05) is 6.20 Å². The Balaban J connectivity index is 0.000000723. The first-order chi connectivity index (χ1) is 18.9. The molecule has 7 nitrogen and oxygen atoms in total. The van der Waals surface area contributed by atoms with Crippen LogP contribution in [0.4, 0.5) is 11.6 Å². The maximum absolute atomic E-state index is 8.81. The molecule has 1 aromatic heterocycles. The Labute approximate surface area is 232 Å². The summed E-state index contributed by atoms with van der Waals surface area (Å²) in [7, 11) is -2.62. The second-order valence-electron chi connectivity index (χ2n) is 10.6. The summed E-state index contributed by atoms with van der Waals surface area (Å²) in [5.41, 5.74) is 9.99. The van der Waals surface area contributed by atoms with Gasteiger partial charge in [0.1, 0.15) is 0 Å². The summed E-state index contributed by atoms with van der Waals surface area (Å²) < 4.78 is 17.6. The minimum absolute atomic E-state index is 0.650. The quantitative estimate of drug-likeness (QED) is 0.233. The number of hydrogen-bond acceptors (Lipinski definition) is 6. The molecule has 0 saturated carbocycles. The van der Waals surface area contributed by atoms with Crippen molar-refractivity contribution in [2.24, 2.45) is 5.14 Å². The number of thiol groups is 1. The van der Waals surface area contributed by atoms with E-state index in [4.69, 9.17) is 13.4 Å². The van der Waals surface area contributed by atoms with Gasteiger partial charge in [0.05, 0.1) is 5.52 Å². The molecule has 1 aliphatic carbocycles. The summed E-state index contributed by atoms with van der Waals surface area (Å²) in [6, 6.07) is 20.5. The molecule has 1 saturated heterocycles. The van der Waals surface area contributed by atoms with Crippen LogP contribution in [0.2, 0.25) is 0 Å². The van der Waals surface area contributed by atoms with Crippen molar-refractivity contribution in [3.63, 3.8) is 0 Å². The average molecular weight is 544 g/mol. The van der Waals surface area contributed by atoms with Crippen molar-refractivity contribution in [1.82, 2.24) is 14.9 Å². The standard InChI is InChI=1S/C31H34N4.H3NO2S/c1-21-8-9-25(18-22(21)2)29-7-5-6-26-20-32-31(34-30(26)29)33-27-13-10-23-11-14-28(15-12-24(23)19-27)35-16-3-4-17-35;1-4(2)3/h5-10,13,18-20,28H,3-4,11-12,14-17H2,1-2H3,(H,32,33,34);4H,(H2,1,2,3). The summed E-state index contributed by atoms with van der Waals surface area (Å²) in [4.78, 5) is 12.3. The molecule has 1 atom stereocenters. The highest BCUT2D eigenvalue weighted by Crippen LogP contribution is 2.31. The molecule has 3 N–H and O–H groups in total. The Kier molecular flexibility index (Phi) is 8.55. The van der Waals surface area contributed by atoms with Crippen molar-refractivity contribution in [1.29, 1.82) is 0 Å². The van der Waals surface area contributed by atoms with Gasteiger partial charge in [0, 0.05) is 28.9 Å². The summed E-state index contributed by atoms with van der Waals surface area (Å²) in [6.07, 6.45) is 9.56. The van der Waals surface area contributed by atoms with Crippen LogP contribution in [0.3, 0.4) is 0 Å². The van der Waals surface area contributed by atoms with E-state index in [1.165, 1.54) is 73.0 Å². The van der Waals surface area contributed by atoms with E-state index in [2.05, 4.69) is 88.8 Å². The normalized spacial score (nSPS) is 17.4. The molecule has 4 aromatic rings. The van der Waals surface area contributed by atoms with E-state index in [0.29, 0.717) is 5.95 Å². The smallest absolute Gasteiger partial charge is 0.227 e. The van der Waals surface area contributed by atoms with Crippen molar-refractivity contribution in [2.45, 2.75) is 58.4 Å². The first-order valence-electron chi connectivity index (χ1n) is 13.7. The van der Waals surface area contributed by atoms with Crippen LogP contribution in [0.5, 0.6) is 0 Å². The van der Waals surface area contributed by atoms with Crippen LogP contribution in [0.25, 0.3) is 22.0 Å². The molecule has 8 heteroatoms. The van der Waals surface area contributed by atoms with Gasteiger partial charge in [0.2, 0.25) is 5.95 Å². The Morgan fingerprint density at radius 3 is 2.41 bits per heavy atom. The highest BCUT2D eigenvalue weighted by molar-refractivity contribution is 7.69. The van der Waals surface area contributed by atoms with E-state index in [9.17, 15) is 0 Å². The van der Waals surface area contributed by atoms with Crippen LogP contribution >= 0.6 is 0 Å². The molecule has 1 fully saturated rings. The number of likely N-dealkylation sites (tertiary alicyclic amines) is 1. The van der Waals surface area contributed by atoms with E-state index in [1.54, 1.807) is 0 Å². The van der Waals surface area contributed by atoms with Crippen LogP contribution in [-0.4, -0.2) is 42.4 Å². The number of benzene rings is 3. The average Bonchev–Trinajstić information content (AvgIpc) is 3.37. The zero-order valence-electron chi connectivity index (χ0n) is 22.7. The number of rotatable bonds is 4. The predicted molar refractivity (Wildman–Crippen MR) is 160 cm³/mol. The summed E-state index contributed by atoms with van der Waals surface area (Å²) in [6.45, 7) is 6.89. The second kappa shape index (κ2) is 12.2. The number of aromatic nitrogens is 2. The summed E-state index contributed by atoms with van der Waals surface area (Å²) in [5, 5.41) is 8.62. The maximum atomic E-state index is 8.81. The topological polar surface area (TPSA) is 101 Å². The van der Waals surface area contributed by atoms with E-state index in [0.717, 1.165) is 34.6 Å². The van der Waals surface area contributed by atoms with Crippen LogP contribution in [0.15, 0.2) is 60.8 Å². The molecule has 2 aliphatic rings. The van der Waals surface area contributed by atoms with E-state index in [-0.39, 0.29) is 0 Å². The lowest BCUT2D eigenvalue weighted by Gasteiger charge is -2.25. The summed E-state index contributed by atoms with van der Waals surface area (Å²) >= 11 is 0. The largest absolute Gasteiger partial charge is 0.324 e. The first-order valence-corrected chi connectivity index (χ1v) is 15.0. The molecule has 1 aliphatic heterocycles. The molecule has 6 rings (SSSR count). The number of anilines is 2. The third-order valence-electron chi connectivity index (χ3n) is 8.04. The van der Waals surface area contributed by atoms with Gasteiger partial charge >= 0.3 is 0 Å². The van der Waals surface area contributed by atoms with E-state index < -0.39 is 10.9 Å². The lowest BCUT2D eigenvalue weighted by molar-refractivity contribution is 0.222. The van der Waals surface area contributed by atoms with Crippen molar-refractivity contribution in [3.8, 4) is 11.1 Å². The van der Waals surface area contributed by atoms with Gasteiger partial charge in [-0.05, 0) is 105 Å². The fourth-order valence-corrected chi connectivity index (χ4v) is 5.83. The lowest BCUT2D eigenvalue weighted by Crippen LogP contribution is -2.32. The van der Waals surface area contributed by atoms with Gasteiger partial charge in [-0.15, -0.1) is 0 Å². The van der Waals surface area contributed by atoms with Gasteiger partial charge in [0.15, 0.2) is 10.9 Å². The molecule has 204 valence electrons. The fourth-order valence-electron chi connectivity index (χ4n) is 5.83. The Morgan fingerprint density at radius 1 is 0.923 bits per heavy atom. The minimum Gasteiger partial charge on any atom is -0.324 e. The number of nitrogens with zero attached hydrogens (tertiary/aromatic N) is 3. The third kappa shape index (κ3) is 6.64. The zero-order valence-corrected chi connectivity index (χ0v) is 23.6. The van der Waals surface area contributed by atoms with Gasteiger partial charge < -0.3 is 10.2 Å². The Morgan fingerprint density at radius 2 is 1.67 bits per heavy atom. The molecule has 0 bridgehead atoms. The maximum Gasteiger partial charge on any atom is 0.227 e. The molecule has 0 radical (unpaired) electrons. The number of nitrogens with one attached hydrogen (secondary N) is 1. The van der Waals surface area contributed by atoms with Crippen molar-refractivity contribution in [2.75, 3.05) is 18.4 Å². The highest BCUT2D eigenvalue weighted by Gasteiger charge is 2.24. The fraction of sp³-hybridized carbons (Fsp3) is 0.355. The van der Waals surface area contributed by atoms with Gasteiger partial charge in [-0.25, -0.2) is 23.5 Å². The van der Waals surface area contributed by atoms with Gasteiger partial charge in [0.25, 0.3) is 0 Å². The lowest BCUT2D eigenvalue weighted by atomic mass is 9.99. The molecule has 3 aromatic carbocycles. The van der Waals surface area contributed by atoms with Crippen LogP contribution in [0.1, 0.15) is 47.9 Å².